The van der Waals surface area contributed by atoms with Crippen LogP contribution in [-0.4, -0.2) is 34.6 Å². The molecule has 6 heteroatoms. The van der Waals surface area contributed by atoms with Crippen LogP contribution in [0.2, 0.25) is 0 Å². The van der Waals surface area contributed by atoms with E-state index in [1.54, 1.807) is 12.1 Å². The Hall–Kier alpha value is -2.08. The molecular weight excluding hydrogens is 336 g/mol. The predicted octanol–water partition coefficient (Wildman–Crippen LogP) is 3.87. The summed E-state index contributed by atoms with van der Waals surface area (Å²) in [6, 6.07) is 6.97. The monoisotopic (exact) mass is 359 g/mol. The van der Waals surface area contributed by atoms with E-state index in [9.17, 15) is 8.78 Å². The van der Waals surface area contributed by atoms with Crippen molar-refractivity contribution in [2.45, 2.75) is 51.2 Å². The van der Waals surface area contributed by atoms with E-state index in [1.165, 1.54) is 17.7 Å². The molecule has 0 radical (unpaired) electrons. The number of ether oxygens (including phenoxy) is 1. The van der Waals surface area contributed by atoms with Crippen LogP contribution in [0.15, 0.2) is 30.5 Å². The van der Waals surface area contributed by atoms with E-state index in [1.807, 2.05) is 25.3 Å². The van der Waals surface area contributed by atoms with Gasteiger partial charge in [-0.2, -0.15) is 8.78 Å². The third-order valence-electron chi connectivity index (χ3n) is 5.57. The number of piperidine rings is 1. The standard InChI is InChI=1S/C20H23F2N3O/c1-14-23-11-16-7-9-20(18(16)24-14)8-2-10-25(13-20)12-15-3-5-17(6-4-15)26-19(21)22/h3-6,11,19H,2,7-10,12-13H2,1H3. The van der Waals surface area contributed by atoms with Crippen molar-refractivity contribution >= 4 is 0 Å². The Morgan fingerprint density at radius 2 is 2.04 bits per heavy atom. The Bertz CT molecular complexity index is 777. The molecule has 26 heavy (non-hydrogen) atoms. The van der Waals surface area contributed by atoms with Crippen molar-refractivity contribution in [1.29, 1.82) is 0 Å². The van der Waals surface area contributed by atoms with Gasteiger partial charge in [-0.3, -0.25) is 4.90 Å². The lowest BCUT2D eigenvalue weighted by atomic mass is 9.77. The van der Waals surface area contributed by atoms with Gasteiger partial charge in [0.2, 0.25) is 0 Å². The van der Waals surface area contributed by atoms with E-state index in [-0.39, 0.29) is 11.2 Å². The lowest BCUT2D eigenvalue weighted by molar-refractivity contribution is -0.0498. The fourth-order valence-corrected chi connectivity index (χ4v) is 4.42. The van der Waals surface area contributed by atoms with Crippen LogP contribution in [0.25, 0.3) is 0 Å². The predicted molar refractivity (Wildman–Crippen MR) is 94.4 cm³/mol. The number of halogens is 2. The highest BCUT2D eigenvalue weighted by atomic mass is 19.3. The normalized spacial score (nSPS) is 22.8. The molecule has 138 valence electrons. The maximum Gasteiger partial charge on any atom is 0.387 e. The van der Waals surface area contributed by atoms with Crippen LogP contribution in [0.1, 0.15) is 41.9 Å². The molecule has 2 aromatic rings. The molecule has 1 spiro atoms. The second-order valence-electron chi connectivity index (χ2n) is 7.41. The molecule has 1 aliphatic carbocycles. The van der Waals surface area contributed by atoms with Crippen molar-refractivity contribution < 1.29 is 13.5 Å². The Balaban J connectivity index is 1.48. The summed E-state index contributed by atoms with van der Waals surface area (Å²) in [6.07, 6.45) is 6.51. The summed E-state index contributed by atoms with van der Waals surface area (Å²) in [5, 5.41) is 0. The van der Waals surface area contributed by atoms with Crippen LogP contribution in [0.5, 0.6) is 5.75 Å². The van der Waals surface area contributed by atoms with Gasteiger partial charge in [0.05, 0.1) is 5.69 Å². The first-order valence-corrected chi connectivity index (χ1v) is 9.13. The Labute approximate surface area is 152 Å². The summed E-state index contributed by atoms with van der Waals surface area (Å²) in [4.78, 5) is 11.6. The molecule has 4 nitrogen and oxygen atoms in total. The van der Waals surface area contributed by atoms with Gasteiger partial charge >= 0.3 is 6.61 Å². The number of nitrogens with zero attached hydrogens (tertiary/aromatic N) is 3. The van der Waals surface area contributed by atoms with Gasteiger partial charge in [-0.1, -0.05) is 12.1 Å². The smallest absolute Gasteiger partial charge is 0.387 e. The van der Waals surface area contributed by atoms with Crippen molar-refractivity contribution in [3.8, 4) is 5.75 Å². The van der Waals surface area contributed by atoms with E-state index in [0.717, 1.165) is 50.3 Å². The molecule has 1 aliphatic heterocycles. The van der Waals surface area contributed by atoms with Crippen LogP contribution in [-0.2, 0) is 18.4 Å². The fourth-order valence-electron chi connectivity index (χ4n) is 4.42. The minimum absolute atomic E-state index is 0.139. The highest BCUT2D eigenvalue weighted by Gasteiger charge is 2.43. The van der Waals surface area contributed by atoms with Gasteiger partial charge in [0, 0.05) is 24.7 Å². The quantitative estimate of drug-likeness (QED) is 0.831. The molecule has 0 N–H and O–H groups in total. The Kier molecular flexibility index (Phi) is 4.61. The highest BCUT2D eigenvalue weighted by Crippen LogP contribution is 2.44. The topological polar surface area (TPSA) is 38.2 Å². The SMILES string of the molecule is Cc1ncc2c(n1)C1(CCCN(Cc3ccc(OC(F)F)cc3)C1)CC2. The van der Waals surface area contributed by atoms with Crippen molar-refractivity contribution in [1.82, 2.24) is 14.9 Å². The third-order valence-corrected chi connectivity index (χ3v) is 5.57. The van der Waals surface area contributed by atoms with Gasteiger partial charge in [0.15, 0.2) is 0 Å². The summed E-state index contributed by atoms with van der Waals surface area (Å²) in [5.41, 5.74) is 3.79. The minimum atomic E-state index is -2.78. The number of hydrogen-bond donors (Lipinski definition) is 0. The Morgan fingerprint density at radius 3 is 2.81 bits per heavy atom. The van der Waals surface area contributed by atoms with Crippen LogP contribution < -0.4 is 4.74 Å². The molecule has 2 heterocycles. The molecule has 1 saturated heterocycles. The molecule has 1 aromatic heterocycles. The second-order valence-corrected chi connectivity index (χ2v) is 7.41. The van der Waals surface area contributed by atoms with Gasteiger partial charge in [-0.25, -0.2) is 9.97 Å². The van der Waals surface area contributed by atoms with Crippen LogP contribution in [0.4, 0.5) is 8.78 Å². The van der Waals surface area contributed by atoms with E-state index in [0.29, 0.717) is 0 Å². The summed E-state index contributed by atoms with van der Waals surface area (Å²) >= 11 is 0. The minimum Gasteiger partial charge on any atom is -0.435 e. The van der Waals surface area contributed by atoms with Gasteiger partial charge in [0.1, 0.15) is 11.6 Å². The highest BCUT2D eigenvalue weighted by molar-refractivity contribution is 5.34. The molecular formula is C20H23F2N3O. The van der Waals surface area contributed by atoms with E-state index >= 15 is 0 Å². The maximum absolute atomic E-state index is 12.3. The van der Waals surface area contributed by atoms with Crippen molar-refractivity contribution in [3.05, 3.63) is 53.1 Å². The van der Waals surface area contributed by atoms with Crippen LogP contribution in [0, 0.1) is 6.92 Å². The Morgan fingerprint density at radius 1 is 1.23 bits per heavy atom. The molecule has 1 unspecified atom stereocenters. The fraction of sp³-hybridized carbons (Fsp3) is 0.500. The zero-order chi connectivity index (χ0) is 18.1. The summed E-state index contributed by atoms with van der Waals surface area (Å²) < 4.78 is 29.0. The molecule has 0 bridgehead atoms. The van der Waals surface area contributed by atoms with E-state index in [2.05, 4.69) is 14.6 Å². The molecule has 0 saturated carbocycles. The second kappa shape index (κ2) is 6.91. The molecule has 0 amide bonds. The van der Waals surface area contributed by atoms with Gasteiger partial charge in [0.25, 0.3) is 0 Å². The number of aryl methyl sites for hydroxylation is 2. The van der Waals surface area contributed by atoms with Crippen LogP contribution in [0.3, 0.4) is 0 Å². The number of rotatable bonds is 4. The van der Waals surface area contributed by atoms with Crippen LogP contribution >= 0.6 is 0 Å². The number of fused-ring (bicyclic) bond motifs is 2. The molecule has 1 fully saturated rings. The summed E-state index contributed by atoms with van der Waals surface area (Å²) in [5.74, 6) is 1.05. The zero-order valence-electron chi connectivity index (χ0n) is 14.9. The zero-order valence-corrected chi connectivity index (χ0v) is 14.9. The van der Waals surface area contributed by atoms with Gasteiger partial charge in [-0.05, 0) is 62.4 Å². The molecule has 1 aromatic carbocycles. The van der Waals surface area contributed by atoms with E-state index < -0.39 is 6.61 Å². The lowest BCUT2D eigenvalue weighted by Gasteiger charge is -2.40. The number of likely N-dealkylation sites (tertiary alicyclic amines) is 1. The summed E-state index contributed by atoms with van der Waals surface area (Å²) in [6.45, 7) is 2.03. The summed E-state index contributed by atoms with van der Waals surface area (Å²) in [7, 11) is 0. The third kappa shape index (κ3) is 3.43. The van der Waals surface area contributed by atoms with Crippen molar-refractivity contribution in [2.75, 3.05) is 13.1 Å². The number of aromatic nitrogens is 2. The van der Waals surface area contributed by atoms with Crippen molar-refractivity contribution in [2.24, 2.45) is 0 Å². The molecule has 1 atom stereocenters. The first kappa shape index (κ1) is 17.3. The number of alkyl halides is 2. The van der Waals surface area contributed by atoms with Gasteiger partial charge in [-0.15, -0.1) is 0 Å². The number of hydrogen-bond acceptors (Lipinski definition) is 4. The molecule has 2 aliphatic rings. The van der Waals surface area contributed by atoms with Gasteiger partial charge < -0.3 is 4.74 Å². The average Bonchev–Trinajstić information content (AvgIpc) is 2.94. The maximum atomic E-state index is 12.3. The first-order chi connectivity index (χ1) is 12.5. The number of benzene rings is 1. The van der Waals surface area contributed by atoms with Crippen molar-refractivity contribution in [3.63, 3.8) is 0 Å². The largest absolute Gasteiger partial charge is 0.435 e. The average molecular weight is 359 g/mol. The molecule has 4 rings (SSSR count). The lowest BCUT2D eigenvalue weighted by Crippen LogP contribution is -2.45. The van der Waals surface area contributed by atoms with E-state index in [4.69, 9.17) is 4.98 Å². The first-order valence-electron chi connectivity index (χ1n) is 9.13.